The Morgan fingerprint density at radius 2 is 2.12 bits per heavy atom. The molecule has 0 bridgehead atoms. The second-order valence-electron chi connectivity index (χ2n) is 4.57. The van der Waals surface area contributed by atoms with Gasteiger partial charge in [-0.1, -0.05) is 0 Å². The Kier molecular flexibility index (Phi) is 2.42. The number of rotatable bonds is 1. The monoisotopic (exact) mass is 233 g/mol. The minimum atomic E-state index is 0.261. The van der Waals surface area contributed by atoms with Gasteiger partial charge in [0, 0.05) is 37.2 Å². The zero-order chi connectivity index (χ0) is 11.8. The van der Waals surface area contributed by atoms with Crippen molar-refractivity contribution >= 4 is 11.5 Å². The molecule has 1 saturated heterocycles. The van der Waals surface area contributed by atoms with Gasteiger partial charge in [-0.25, -0.2) is 0 Å². The van der Waals surface area contributed by atoms with Crippen molar-refractivity contribution in [1.29, 1.82) is 0 Å². The van der Waals surface area contributed by atoms with Gasteiger partial charge in [-0.3, -0.25) is 4.79 Å². The molecule has 0 aromatic heterocycles. The van der Waals surface area contributed by atoms with Gasteiger partial charge in [0.25, 0.3) is 0 Å². The van der Waals surface area contributed by atoms with E-state index >= 15 is 0 Å². The van der Waals surface area contributed by atoms with Crippen LogP contribution < -0.4 is 14.4 Å². The van der Waals surface area contributed by atoms with Gasteiger partial charge in [-0.2, -0.15) is 0 Å². The second-order valence-corrected chi connectivity index (χ2v) is 4.57. The SMILES string of the molecule is CC1CC(=O)CCN1c1ccc2c(c1)OCO2. The lowest BCUT2D eigenvalue weighted by Gasteiger charge is -2.34. The number of hydrogen-bond acceptors (Lipinski definition) is 4. The third-order valence-corrected chi connectivity index (χ3v) is 3.37. The second kappa shape index (κ2) is 3.95. The van der Waals surface area contributed by atoms with E-state index in [0.717, 1.165) is 23.7 Å². The van der Waals surface area contributed by atoms with E-state index in [1.165, 1.54) is 0 Å². The molecule has 1 unspecified atom stereocenters. The fourth-order valence-electron chi connectivity index (χ4n) is 2.45. The van der Waals surface area contributed by atoms with Crippen LogP contribution in [0.4, 0.5) is 5.69 Å². The van der Waals surface area contributed by atoms with Crippen molar-refractivity contribution in [3.05, 3.63) is 18.2 Å². The third-order valence-electron chi connectivity index (χ3n) is 3.37. The first-order chi connectivity index (χ1) is 8.24. The number of fused-ring (bicyclic) bond motifs is 1. The number of benzene rings is 1. The highest BCUT2D eigenvalue weighted by Crippen LogP contribution is 2.36. The van der Waals surface area contributed by atoms with Crippen LogP contribution in [0.1, 0.15) is 19.8 Å². The van der Waals surface area contributed by atoms with E-state index in [9.17, 15) is 4.79 Å². The zero-order valence-corrected chi connectivity index (χ0v) is 9.81. The van der Waals surface area contributed by atoms with E-state index in [0.29, 0.717) is 25.4 Å². The van der Waals surface area contributed by atoms with Crippen LogP contribution >= 0.6 is 0 Å². The Morgan fingerprint density at radius 3 is 2.94 bits per heavy atom. The zero-order valence-electron chi connectivity index (χ0n) is 9.81. The number of piperidine rings is 1. The van der Waals surface area contributed by atoms with Gasteiger partial charge >= 0.3 is 0 Å². The number of Topliss-reactive ketones (excluding diaryl/α,β-unsaturated/α-hetero) is 1. The molecule has 2 aliphatic heterocycles. The van der Waals surface area contributed by atoms with Crippen LogP contribution in [-0.2, 0) is 4.79 Å². The molecule has 17 heavy (non-hydrogen) atoms. The van der Waals surface area contributed by atoms with Gasteiger partial charge in [0.1, 0.15) is 5.78 Å². The lowest BCUT2D eigenvalue weighted by atomic mass is 10.0. The third kappa shape index (κ3) is 1.84. The molecule has 90 valence electrons. The molecule has 1 fully saturated rings. The molecule has 1 aromatic rings. The summed E-state index contributed by atoms with van der Waals surface area (Å²) in [7, 11) is 0. The summed E-state index contributed by atoms with van der Waals surface area (Å²) in [6.07, 6.45) is 1.27. The van der Waals surface area contributed by atoms with E-state index < -0.39 is 0 Å². The Balaban J connectivity index is 1.86. The van der Waals surface area contributed by atoms with Crippen LogP contribution in [0, 0.1) is 0 Å². The van der Waals surface area contributed by atoms with Gasteiger partial charge < -0.3 is 14.4 Å². The summed E-state index contributed by atoms with van der Waals surface area (Å²) in [6, 6.07) is 6.21. The summed E-state index contributed by atoms with van der Waals surface area (Å²) >= 11 is 0. The number of ketones is 1. The number of ether oxygens (including phenoxy) is 2. The normalized spacial score (nSPS) is 23.0. The summed E-state index contributed by atoms with van der Waals surface area (Å²) in [5.74, 6) is 1.95. The van der Waals surface area contributed by atoms with Crippen molar-refractivity contribution in [2.24, 2.45) is 0 Å². The summed E-state index contributed by atoms with van der Waals surface area (Å²) in [5.41, 5.74) is 1.11. The average Bonchev–Trinajstić information content (AvgIpc) is 2.75. The van der Waals surface area contributed by atoms with Gasteiger partial charge in [-0.05, 0) is 19.1 Å². The highest BCUT2D eigenvalue weighted by Gasteiger charge is 2.25. The Hall–Kier alpha value is -1.71. The summed E-state index contributed by atoms with van der Waals surface area (Å²) in [6.45, 7) is 3.17. The lowest BCUT2D eigenvalue weighted by molar-refractivity contribution is -0.120. The molecular formula is C13H15NO3. The maximum atomic E-state index is 11.4. The first kappa shape index (κ1) is 10.4. The minimum Gasteiger partial charge on any atom is -0.454 e. The maximum absolute atomic E-state index is 11.4. The predicted octanol–water partition coefficient (Wildman–Crippen LogP) is 1.97. The fraction of sp³-hybridized carbons (Fsp3) is 0.462. The number of carbonyl (C=O) groups excluding carboxylic acids is 1. The molecule has 0 saturated carbocycles. The molecule has 0 N–H and O–H groups in total. The average molecular weight is 233 g/mol. The summed E-state index contributed by atoms with van der Waals surface area (Å²) < 4.78 is 10.7. The Bertz CT molecular complexity index is 458. The van der Waals surface area contributed by atoms with Gasteiger partial charge in [-0.15, -0.1) is 0 Å². The maximum Gasteiger partial charge on any atom is 0.231 e. The highest BCUT2D eigenvalue weighted by molar-refractivity contribution is 5.81. The van der Waals surface area contributed by atoms with Crippen LogP contribution in [-0.4, -0.2) is 25.2 Å². The number of hydrogen-bond donors (Lipinski definition) is 0. The van der Waals surface area contributed by atoms with E-state index in [1.54, 1.807) is 0 Å². The molecule has 0 radical (unpaired) electrons. The van der Waals surface area contributed by atoms with Crippen molar-refractivity contribution in [3.8, 4) is 11.5 Å². The molecule has 4 nitrogen and oxygen atoms in total. The standard InChI is InChI=1S/C13H15NO3/c1-9-6-11(15)4-5-14(9)10-2-3-12-13(7-10)17-8-16-12/h2-3,7,9H,4-6,8H2,1H3. The van der Waals surface area contributed by atoms with Crippen molar-refractivity contribution < 1.29 is 14.3 Å². The topological polar surface area (TPSA) is 38.8 Å². The number of nitrogens with zero attached hydrogens (tertiary/aromatic N) is 1. The van der Waals surface area contributed by atoms with Crippen LogP contribution in [0.2, 0.25) is 0 Å². The molecule has 2 heterocycles. The smallest absolute Gasteiger partial charge is 0.231 e. The van der Waals surface area contributed by atoms with Crippen molar-refractivity contribution in [2.45, 2.75) is 25.8 Å². The van der Waals surface area contributed by atoms with Crippen molar-refractivity contribution in [3.63, 3.8) is 0 Å². The van der Waals surface area contributed by atoms with Gasteiger partial charge in [0.2, 0.25) is 6.79 Å². The molecule has 1 atom stereocenters. The van der Waals surface area contributed by atoms with Crippen LogP contribution in [0.15, 0.2) is 18.2 Å². The van der Waals surface area contributed by atoms with Gasteiger partial charge in [0.05, 0.1) is 0 Å². The minimum absolute atomic E-state index is 0.261. The Labute approximate surface area is 100 Å². The molecule has 0 amide bonds. The van der Waals surface area contributed by atoms with Crippen molar-refractivity contribution in [1.82, 2.24) is 0 Å². The molecule has 3 rings (SSSR count). The summed E-state index contributed by atoms with van der Waals surface area (Å²) in [5, 5.41) is 0. The first-order valence-corrected chi connectivity index (χ1v) is 5.92. The van der Waals surface area contributed by atoms with Crippen LogP contribution in [0.25, 0.3) is 0 Å². The quantitative estimate of drug-likeness (QED) is 0.743. The van der Waals surface area contributed by atoms with Crippen LogP contribution in [0.5, 0.6) is 11.5 Å². The van der Waals surface area contributed by atoms with E-state index in [2.05, 4.69) is 11.8 Å². The molecule has 0 aliphatic carbocycles. The van der Waals surface area contributed by atoms with Crippen LogP contribution in [0.3, 0.4) is 0 Å². The molecular weight excluding hydrogens is 218 g/mol. The van der Waals surface area contributed by atoms with Crippen molar-refractivity contribution in [2.75, 3.05) is 18.2 Å². The summed E-state index contributed by atoms with van der Waals surface area (Å²) in [4.78, 5) is 13.6. The molecule has 1 aromatic carbocycles. The predicted molar refractivity (Wildman–Crippen MR) is 63.6 cm³/mol. The fourth-order valence-corrected chi connectivity index (χ4v) is 2.45. The van der Waals surface area contributed by atoms with E-state index in [1.807, 2.05) is 18.2 Å². The number of carbonyl (C=O) groups is 1. The van der Waals surface area contributed by atoms with E-state index in [4.69, 9.17) is 9.47 Å². The number of anilines is 1. The molecule has 2 aliphatic rings. The lowest BCUT2D eigenvalue weighted by Crippen LogP contribution is -2.41. The Morgan fingerprint density at radius 1 is 1.29 bits per heavy atom. The van der Waals surface area contributed by atoms with E-state index in [-0.39, 0.29) is 6.04 Å². The first-order valence-electron chi connectivity index (χ1n) is 5.92. The largest absolute Gasteiger partial charge is 0.454 e. The highest BCUT2D eigenvalue weighted by atomic mass is 16.7. The van der Waals surface area contributed by atoms with Gasteiger partial charge in [0.15, 0.2) is 11.5 Å². The molecule has 4 heteroatoms. The molecule has 0 spiro atoms.